The first-order valence-electron chi connectivity index (χ1n) is 8.99. The predicted molar refractivity (Wildman–Crippen MR) is 108 cm³/mol. The molecule has 0 fully saturated rings. The van der Waals surface area contributed by atoms with Gasteiger partial charge < -0.3 is 5.73 Å². The number of amidine groups is 1. The van der Waals surface area contributed by atoms with Crippen molar-refractivity contribution in [3.63, 3.8) is 0 Å². The van der Waals surface area contributed by atoms with Crippen LogP contribution in [0, 0.1) is 5.41 Å². The van der Waals surface area contributed by atoms with Gasteiger partial charge in [-0.05, 0) is 18.4 Å². The number of alkyl halides is 3. The first-order valence-corrected chi connectivity index (χ1v) is 9.87. The van der Waals surface area contributed by atoms with Gasteiger partial charge in [0.25, 0.3) is 0 Å². The fraction of sp³-hybridized carbons (Fsp3) is 0.200. The van der Waals surface area contributed by atoms with Crippen LogP contribution >= 0.6 is 11.3 Å². The van der Waals surface area contributed by atoms with Gasteiger partial charge in [0.2, 0.25) is 0 Å². The molecule has 0 bridgehead atoms. The highest BCUT2D eigenvalue weighted by Gasteiger charge is 2.45. The Morgan fingerprint density at radius 1 is 1.20 bits per heavy atom. The number of carbonyl (C=O) groups excluding carboxylic acids is 1. The van der Waals surface area contributed by atoms with Crippen molar-refractivity contribution in [1.29, 1.82) is 5.41 Å². The minimum atomic E-state index is -4.76. The van der Waals surface area contributed by atoms with Gasteiger partial charge in [0.15, 0.2) is 11.6 Å². The van der Waals surface area contributed by atoms with Crippen LogP contribution in [0.4, 0.5) is 24.0 Å². The van der Waals surface area contributed by atoms with Crippen molar-refractivity contribution in [2.75, 3.05) is 10.6 Å². The third kappa shape index (κ3) is 3.43. The lowest BCUT2D eigenvalue weighted by Crippen LogP contribution is -2.51. The third-order valence-corrected chi connectivity index (χ3v) is 5.61. The van der Waals surface area contributed by atoms with E-state index in [1.165, 1.54) is 10.4 Å². The number of Topliss-reactive ketones (excluding diaryl/α,β-unsaturated/α-hetero) is 1. The summed E-state index contributed by atoms with van der Waals surface area (Å²) in [5.41, 5.74) is 6.54. The molecule has 1 aliphatic heterocycles. The lowest BCUT2D eigenvalue weighted by Gasteiger charge is -2.37. The standard InChI is InChI=1S/C20H16F3N5OS/c21-20(22,23)13-9-26-8-12-15(13)16(29)14(7-6-11-4-2-1-3-5-11)28(17(12)24)19-18(25)30-10-27-19/h1-5,8-10,14,24H,6-7,25H2. The van der Waals surface area contributed by atoms with Crippen molar-refractivity contribution in [2.24, 2.45) is 0 Å². The number of nitrogen functional groups attached to an aromatic ring is 1. The van der Waals surface area contributed by atoms with Crippen molar-refractivity contribution in [3.8, 4) is 0 Å². The van der Waals surface area contributed by atoms with Crippen LogP contribution in [0.5, 0.6) is 0 Å². The fourth-order valence-electron chi connectivity index (χ4n) is 3.58. The molecule has 2 aromatic heterocycles. The molecule has 0 spiro atoms. The number of nitrogens with one attached hydrogen (secondary N) is 1. The quantitative estimate of drug-likeness (QED) is 0.646. The molecule has 0 amide bonds. The normalized spacial score (nSPS) is 16.6. The highest BCUT2D eigenvalue weighted by molar-refractivity contribution is 7.14. The molecule has 3 aromatic rings. The molecule has 154 valence electrons. The van der Waals surface area contributed by atoms with E-state index in [1.54, 1.807) is 0 Å². The average Bonchev–Trinajstić information content (AvgIpc) is 3.14. The van der Waals surface area contributed by atoms with Crippen LogP contribution in [0.3, 0.4) is 0 Å². The number of aryl methyl sites for hydroxylation is 1. The first kappa shape index (κ1) is 20.0. The Bertz CT molecular complexity index is 1110. The third-order valence-electron chi connectivity index (χ3n) is 4.96. The molecular formula is C20H16F3N5OS. The minimum absolute atomic E-state index is 0.182. The van der Waals surface area contributed by atoms with Gasteiger partial charge in [-0.3, -0.25) is 20.1 Å². The second-order valence-corrected chi connectivity index (χ2v) is 7.66. The van der Waals surface area contributed by atoms with E-state index >= 15 is 0 Å². The van der Waals surface area contributed by atoms with Crippen LogP contribution in [0.15, 0.2) is 48.2 Å². The Balaban J connectivity index is 1.82. The molecule has 0 radical (unpaired) electrons. The summed E-state index contributed by atoms with van der Waals surface area (Å²) >= 11 is 1.13. The summed E-state index contributed by atoms with van der Waals surface area (Å²) in [5.74, 6) is -0.808. The van der Waals surface area contributed by atoms with Crippen LogP contribution < -0.4 is 10.6 Å². The van der Waals surface area contributed by atoms with Crippen LogP contribution in [0.1, 0.15) is 33.5 Å². The number of nitrogens with zero attached hydrogens (tertiary/aromatic N) is 3. The largest absolute Gasteiger partial charge is 0.418 e. The smallest absolute Gasteiger partial charge is 0.387 e. The number of halogens is 3. The highest BCUT2D eigenvalue weighted by Crippen LogP contribution is 2.39. The minimum Gasteiger partial charge on any atom is -0.387 e. The molecule has 30 heavy (non-hydrogen) atoms. The van der Waals surface area contributed by atoms with Crippen LogP contribution in [-0.2, 0) is 12.6 Å². The average molecular weight is 431 g/mol. The molecule has 0 aliphatic carbocycles. The zero-order chi connectivity index (χ0) is 21.5. The van der Waals surface area contributed by atoms with Crippen molar-refractivity contribution in [3.05, 3.63) is 70.5 Å². The van der Waals surface area contributed by atoms with Crippen molar-refractivity contribution in [2.45, 2.75) is 25.1 Å². The number of benzene rings is 1. The maximum Gasteiger partial charge on any atom is 0.418 e. The molecule has 3 N–H and O–H groups in total. The van der Waals surface area contributed by atoms with Crippen molar-refractivity contribution in [1.82, 2.24) is 9.97 Å². The number of hydrogen-bond acceptors (Lipinski definition) is 6. The monoisotopic (exact) mass is 431 g/mol. The van der Waals surface area contributed by atoms with Crippen molar-refractivity contribution >= 4 is 33.8 Å². The first-order chi connectivity index (χ1) is 14.3. The number of carbonyl (C=O) groups is 1. The van der Waals surface area contributed by atoms with E-state index in [2.05, 4.69) is 9.97 Å². The van der Waals surface area contributed by atoms with Gasteiger partial charge in [0.05, 0.1) is 11.1 Å². The topological polar surface area (TPSA) is 96.0 Å². The molecule has 3 heterocycles. The van der Waals surface area contributed by atoms with Gasteiger partial charge in [-0.25, -0.2) is 4.98 Å². The Morgan fingerprint density at radius 2 is 1.93 bits per heavy atom. The summed E-state index contributed by atoms with van der Waals surface area (Å²) in [6, 6.07) is 8.25. The lowest BCUT2D eigenvalue weighted by atomic mass is 9.87. The van der Waals surface area contributed by atoms with Gasteiger partial charge in [0, 0.05) is 23.5 Å². The summed E-state index contributed by atoms with van der Waals surface area (Å²) < 4.78 is 40.7. The fourth-order valence-corrected chi connectivity index (χ4v) is 4.10. The van der Waals surface area contributed by atoms with Crippen LogP contribution in [0.25, 0.3) is 0 Å². The maximum absolute atomic E-state index is 13.6. The van der Waals surface area contributed by atoms with Crippen molar-refractivity contribution < 1.29 is 18.0 Å². The molecule has 1 aliphatic rings. The number of aromatic nitrogens is 2. The summed E-state index contributed by atoms with van der Waals surface area (Å²) in [6.45, 7) is 0. The number of ketones is 1. The zero-order valence-corrected chi connectivity index (χ0v) is 16.3. The van der Waals surface area contributed by atoms with E-state index < -0.39 is 29.1 Å². The highest BCUT2D eigenvalue weighted by atomic mass is 32.1. The molecule has 6 nitrogen and oxygen atoms in total. The van der Waals surface area contributed by atoms with Gasteiger partial charge in [-0.1, -0.05) is 30.3 Å². The Morgan fingerprint density at radius 3 is 2.57 bits per heavy atom. The number of hydrogen-bond donors (Lipinski definition) is 2. The molecule has 1 unspecified atom stereocenters. The summed E-state index contributed by atoms with van der Waals surface area (Å²) in [7, 11) is 0. The number of anilines is 2. The molecule has 10 heteroatoms. The molecular weight excluding hydrogens is 415 g/mol. The molecule has 1 atom stereocenters. The van der Waals surface area contributed by atoms with Crippen LogP contribution in [-0.4, -0.2) is 27.6 Å². The number of rotatable bonds is 4. The summed E-state index contributed by atoms with van der Waals surface area (Å²) in [4.78, 5) is 22.4. The summed E-state index contributed by atoms with van der Waals surface area (Å²) in [5, 5.41) is 8.86. The Hall–Kier alpha value is -3.27. The molecule has 0 saturated carbocycles. The van der Waals surface area contributed by atoms with E-state index in [0.29, 0.717) is 12.6 Å². The van der Waals surface area contributed by atoms with E-state index in [-0.39, 0.29) is 28.6 Å². The van der Waals surface area contributed by atoms with Gasteiger partial charge in [-0.15, -0.1) is 11.3 Å². The van der Waals surface area contributed by atoms with Gasteiger partial charge >= 0.3 is 6.18 Å². The molecule has 0 saturated heterocycles. The summed E-state index contributed by atoms with van der Waals surface area (Å²) in [6.07, 6.45) is -2.40. The van der Waals surface area contributed by atoms with E-state index in [0.717, 1.165) is 23.1 Å². The van der Waals surface area contributed by atoms with E-state index in [4.69, 9.17) is 11.1 Å². The van der Waals surface area contributed by atoms with Gasteiger partial charge in [-0.2, -0.15) is 13.2 Å². The molecule has 4 rings (SSSR count). The predicted octanol–water partition coefficient (Wildman–Crippen LogP) is 4.17. The Labute approximate surface area is 173 Å². The van der Waals surface area contributed by atoms with E-state index in [9.17, 15) is 18.0 Å². The lowest BCUT2D eigenvalue weighted by molar-refractivity contribution is -0.138. The SMILES string of the molecule is N=C1c2cncc(C(F)(F)F)c2C(=O)C(CCc2ccccc2)N1c1ncsc1N. The second kappa shape index (κ2) is 7.52. The van der Waals surface area contributed by atoms with Crippen LogP contribution in [0.2, 0.25) is 0 Å². The number of nitrogens with two attached hydrogens (primary N) is 1. The van der Waals surface area contributed by atoms with Gasteiger partial charge in [0.1, 0.15) is 16.9 Å². The second-order valence-electron chi connectivity index (χ2n) is 6.77. The Kier molecular flexibility index (Phi) is 5.02. The number of pyridine rings is 1. The molecule has 1 aromatic carbocycles. The number of fused-ring (bicyclic) bond motifs is 1. The number of thiazole rings is 1. The maximum atomic E-state index is 13.6. The van der Waals surface area contributed by atoms with E-state index in [1.807, 2.05) is 30.3 Å². The zero-order valence-electron chi connectivity index (χ0n) is 15.5.